The third kappa shape index (κ3) is 6.35. The van der Waals surface area contributed by atoms with E-state index in [1.165, 1.54) is 24.0 Å². The van der Waals surface area contributed by atoms with Crippen molar-refractivity contribution >= 4 is 17.7 Å². The van der Waals surface area contributed by atoms with Crippen LogP contribution in [0.5, 0.6) is 5.75 Å². The Morgan fingerprint density at radius 3 is 2.33 bits per heavy atom. The van der Waals surface area contributed by atoms with E-state index in [0.717, 1.165) is 67.6 Å². The Kier molecular flexibility index (Phi) is 8.45. The molecule has 0 atom stereocenters. The number of amides is 2. The topological polar surface area (TPSA) is 97.1 Å². The van der Waals surface area contributed by atoms with Crippen LogP contribution < -0.4 is 9.64 Å². The molecule has 0 unspecified atom stereocenters. The Labute approximate surface area is 289 Å². The number of nitrogens with zero attached hydrogens (tertiary/aromatic N) is 4. The standard InChI is InChI=1S/C40H50N4O5/c1-27-20-31(8-13-36(27)48-2)40-17-14-39(15-18-40,16-19-40)26-43(33-5-3-4-29(21-33)30-22-41-44(23-30)32-9-10-32)37(46)28-6-11-35(12-7-28)49-38(47)42-24-34(45)25-42/h3-5,8,13,20-23,28,32,34-35,45H,6-7,9-12,14-19,24-26H2,1-2H3. The van der Waals surface area contributed by atoms with Gasteiger partial charge in [-0.3, -0.25) is 9.48 Å². The van der Waals surface area contributed by atoms with E-state index in [-0.39, 0.29) is 34.9 Å². The first-order valence-corrected chi connectivity index (χ1v) is 18.5. The van der Waals surface area contributed by atoms with Gasteiger partial charge in [-0.05, 0) is 130 Å². The van der Waals surface area contributed by atoms with Crippen molar-refractivity contribution in [2.75, 3.05) is 31.6 Å². The maximum atomic E-state index is 14.7. The number of methoxy groups -OCH3 is 1. The van der Waals surface area contributed by atoms with E-state index in [1.807, 2.05) is 6.20 Å². The fourth-order valence-corrected chi connectivity index (χ4v) is 9.12. The molecule has 2 bridgehead atoms. The predicted octanol–water partition coefficient (Wildman–Crippen LogP) is 7.20. The minimum Gasteiger partial charge on any atom is -0.496 e. The summed E-state index contributed by atoms with van der Waals surface area (Å²) in [6, 6.07) is 15.8. The van der Waals surface area contributed by atoms with E-state index >= 15 is 0 Å². The van der Waals surface area contributed by atoms with Crippen molar-refractivity contribution in [2.45, 2.75) is 108 Å². The Hall–Kier alpha value is -3.85. The van der Waals surface area contributed by atoms with Gasteiger partial charge in [0.05, 0.1) is 38.5 Å². The number of β-amino-alcohol motifs (C(OH)–C–C–N with tert-alkyl or cyclic N) is 1. The number of aliphatic hydroxyl groups is 1. The normalized spacial score (nSPS) is 28.2. The lowest BCUT2D eigenvalue weighted by Crippen LogP contribution is -2.54. The minimum atomic E-state index is -0.448. The van der Waals surface area contributed by atoms with Gasteiger partial charge in [-0.1, -0.05) is 24.3 Å². The number of aliphatic hydroxyl groups excluding tert-OH is 1. The second-order valence-corrected chi connectivity index (χ2v) is 15.8. The molecule has 1 saturated heterocycles. The summed E-state index contributed by atoms with van der Waals surface area (Å²) in [6.45, 7) is 3.55. The van der Waals surface area contributed by atoms with Gasteiger partial charge in [0.15, 0.2) is 0 Å². The largest absolute Gasteiger partial charge is 0.496 e. The highest BCUT2D eigenvalue weighted by Crippen LogP contribution is 2.58. The van der Waals surface area contributed by atoms with E-state index in [0.29, 0.717) is 44.8 Å². The number of aromatic nitrogens is 2. The number of likely N-dealkylation sites (tertiary alicyclic amines) is 1. The van der Waals surface area contributed by atoms with Crippen LogP contribution in [0.15, 0.2) is 54.9 Å². The maximum absolute atomic E-state index is 14.7. The zero-order valence-corrected chi connectivity index (χ0v) is 29.0. The molecule has 9 rings (SSSR count). The number of fused-ring (bicyclic) bond motifs is 3. The molecular formula is C40H50N4O5. The van der Waals surface area contributed by atoms with Crippen LogP contribution >= 0.6 is 0 Å². The molecule has 9 heteroatoms. The van der Waals surface area contributed by atoms with Crippen LogP contribution in [0.4, 0.5) is 10.5 Å². The summed E-state index contributed by atoms with van der Waals surface area (Å²) in [7, 11) is 1.74. The number of carbonyl (C=O) groups excluding carboxylic acids is 2. The number of ether oxygens (including phenoxy) is 2. The molecule has 1 N–H and O–H groups in total. The second kappa shape index (κ2) is 12.8. The zero-order valence-electron chi connectivity index (χ0n) is 29.0. The minimum absolute atomic E-state index is 0.0975. The van der Waals surface area contributed by atoms with E-state index < -0.39 is 6.10 Å². The maximum Gasteiger partial charge on any atom is 0.410 e. The lowest BCUT2D eigenvalue weighted by Gasteiger charge is -2.55. The molecule has 0 radical (unpaired) electrons. The Morgan fingerprint density at radius 1 is 0.939 bits per heavy atom. The van der Waals surface area contributed by atoms with Gasteiger partial charge < -0.3 is 24.4 Å². The van der Waals surface area contributed by atoms with Crippen molar-refractivity contribution in [1.29, 1.82) is 0 Å². The molecule has 2 heterocycles. The summed E-state index contributed by atoms with van der Waals surface area (Å²) in [4.78, 5) is 30.8. The van der Waals surface area contributed by atoms with Gasteiger partial charge in [0, 0.05) is 29.9 Å². The Bertz CT molecular complexity index is 1680. The van der Waals surface area contributed by atoms with Gasteiger partial charge in [-0.2, -0.15) is 5.10 Å². The third-order valence-electron chi connectivity index (χ3n) is 12.6. The average molecular weight is 667 g/mol. The molecule has 1 aliphatic heterocycles. The smallest absolute Gasteiger partial charge is 0.410 e. The number of carbonyl (C=O) groups is 2. The zero-order chi connectivity index (χ0) is 33.8. The van der Waals surface area contributed by atoms with Gasteiger partial charge in [-0.15, -0.1) is 0 Å². The van der Waals surface area contributed by atoms with E-state index in [1.54, 1.807) is 12.0 Å². The first-order valence-electron chi connectivity index (χ1n) is 18.5. The summed E-state index contributed by atoms with van der Waals surface area (Å²) in [5.74, 6) is 1.04. The number of aryl methyl sites for hydroxylation is 1. The van der Waals surface area contributed by atoms with Gasteiger partial charge >= 0.3 is 6.09 Å². The molecule has 2 amide bonds. The van der Waals surface area contributed by atoms with Crippen molar-refractivity contribution in [3.8, 4) is 16.9 Å². The summed E-state index contributed by atoms with van der Waals surface area (Å²) in [5.41, 5.74) is 6.08. The van der Waals surface area contributed by atoms with Crippen molar-refractivity contribution < 1.29 is 24.2 Å². The molecule has 6 fully saturated rings. The van der Waals surface area contributed by atoms with Crippen LogP contribution in [0.25, 0.3) is 11.1 Å². The first-order chi connectivity index (χ1) is 23.7. The van der Waals surface area contributed by atoms with Gasteiger partial charge in [-0.25, -0.2) is 4.79 Å². The van der Waals surface area contributed by atoms with Gasteiger partial charge in [0.2, 0.25) is 5.91 Å². The van der Waals surface area contributed by atoms with Crippen LogP contribution in [0, 0.1) is 18.3 Å². The molecule has 6 aliphatic rings. The van der Waals surface area contributed by atoms with Crippen LogP contribution in [0.1, 0.15) is 94.2 Å². The molecule has 0 spiro atoms. The molecular weight excluding hydrogens is 616 g/mol. The third-order valence-corrected chi connectivity index (χ3v) is 12.6. The lowest BCUT2D eigenvalue weighted by molar-refractivity contribution is -0.124. The number of anilines is 1. The molecule has 9 nitrogen and oxygen atoms in total. The van der Waals surface area contributed by atoms with Crippen molar-refractivity contribution in [2.24, 2.45) is 11.3 Å². The molecule has 5 saturated carbocycles. The Balaban J connectivity index is 1.01. The molecule has 260 valence electrons. The quantitative estimate of drug-likeness (QED) is 0.260. The van der Waals surface area contributed by atoms with Crippen LogP contribution in [0.3, 0.4) is 0 Å². The summed E-state index contributed by atoms with van der Waals surface area (Å²) < 4.78 is 13.4. The highest BCUT2D eigenvalue weighted by atomic mass is 16.6. The average Bonchev–Trinajstić information content (AvgIpc) is 3.85. The monoisotopic (exact) mass is 666 g/mol. The van der Waals surface area contributed by atoms with E-state index in [4.69, 9.17) is 9.47 Å². The van der Waals surface area contributed by atoms with Gasteiger partial charge in [0.1, 0.15) is 11.9 Å². The summed E-state index contributed by atoms with van der Waals surface area (Å²) in [5, 5.41) is 14.2. The summed E-state index contributed by atoms with van der Waals surface area (Å²) in [6.07, 6.45) is 15.0. The second-order valence-electron chi connectivity index (χ2n) is 15.8. The van der Waals surface area contributed by atoms with Gasteiger partial charge in [0.25, 0.3) is 0 Å². The fraction of sp³-hybridized carbons (Fsp3) is 0.575. The first kappa shape index (κ1) is 32.4. The number of hydrogen-bond acceptors (Lipinski definition) is 6. The number of benzene rings is 2. The van der Waals surface area contributed by atoms with Crippen molar-refractivity contribution in [3.05, 3.63) is 66.0 Å². The van der Waals surface area contributed by atoms with Crippen LogP contribution in [-0.4, -0.2) is 70.7 Å². The molecule has 5 aliphatic carbocycles. The highest BCUT2D eigenvalue weighted by molar-refractivity contribution is 5.96. The number of hydrogen-bond donors (Lipinski definition) is 1. The van der Waals surface area contributed by atoms with E-state index in [2.05, 4.69) is 70.3 Å². The fourth-order valence-electron chi connectivity index (χ4n) is 9.12. The van der Waals surface area contributed by atoms with E-state index in [9.17, 15) is 14.7 Å². The van der Waals surface area contributed by atoms with Crippen molar-refractivity contribution in [3.63, 3.8) is 0 Å². The number of rotatable bonds is 9. The summed E-state index contributed by atoms with van der Waals surface area (Å²) >= 11 is 0. The molecule has 3 aromatic rings. The predicted molar refractivity (Wildman–Crippen MR) is 188 cm³/mol. The van der Waals surface area contributed by atoms with Crippen LogP contribution in [-0.2, 0) is 14.9 Å². The van der Waals surface area contributed by atoms with Crippen molar-refractivity contribution in [1.82, 2.24) is 14.7 Å². The molecule has 1 aromatic heterocycles. The molecule has 49 heavy (non-hydrogen) atoms. The SMILES string of the molecule is COc1ccc(C23CCC(CN(C(=O)C4CCC(OC(=O)N5CC(O)C5)CC4)c4cccc(-c5cnn(C6CC6)c5)c4)(CC2)CC3)cc1C. The highest BCUT2D eigenvalue weighted by Gasteiger charge is 2.51. The molecule has 2 aromatic carbocycles. The Morgan fingerprint density at radius 2 is 1.67 bits per heavy atom. The van der Waals surface area contributed by atoms with Crippen LogP contribution in [0.2, 0.25) is 0 Å². The lowest BCUT2D eigenvalue weighted by atomic mass is 9.51.